The van der Waals surface area contributed by atoms with Crippen molar-refractivity contribution in [3.8, 4) is 67.7 Å². The Bertz CT molecular complexity index is 5040. The Hall–Kier alpha value is -9.03. The molecule has 110 heavy (non-hydrogen) atoms. The van der Waals surface area contributed by atoms with Crippen LogP contribution in [-0.2, 0) is 85.5 Å². The topological polar surface area (TPSA) is 190 Å². The average molecular weight is 2010 g/mol. The molecular formula is C95H106Ir3N3O9-3. The minimum Gasteiger partial charge on any atom is -0.512 e. The van der Waals surface area contributed by atoms with E-state index in [1.807, 2.05) is 18.6 Å². The van der Waals surface area contributed by atoms with Gasteiger partial charge in [-0.25, -0.2) is 0 Å². The number of benzene rings is 6. The van der Waals surface area contributed by atoms with Crippen LogP contribution in [0.25, 0.3) is 101 Å². The number of carbonyl (C=O) groups is 3. The summed E-state index contributed by atoms with van der Waals surface area (Å²) in [6.45, 7) is 48.0. The Morgan fingerprint density at radius 1 is 0.391 bits per heavy atom. The van der Waals surface area contributed by atoms with Crippen molar-refractivity contribution in [3.05, 3.63) is 267 Å². The molecule has 6 heterocycles. The molecule has 585 valence electrons. The Kier molecular flexibility index (Phi) is 35.1. The van der Waals surface area contributed by atoms with Crippen LogP contribution in [0.4, 0.5) is 0 Å². The molecule has 12 nitrogen and oxygen atoms in total. The van der Waals surface area contributed by atoms with Crippen LogP contribution in [0.2, 0.25) is 0 Å². The molecule has 0 atom stereocenters. The van der Waals surface area contributed by atoms with E-state index in [1.165, 1.54) is 110 Å². The fourth-order valence-electron chi connectivity index (χ4n) is 12.2. The maximum atomic E-state index is 10.0. The molecule has 0 aliphatic heterocycles. The Balaban J connectivity index is 0.000000304. The van der Waals surface area contributed by atoms with Crippen molar-refractivity contribution in [3.63, 3.8) is 0 Å². The Morgan fingerprint density at radius 2 is 0.700 bits per heavy atom. The fraction of sp³-hybridized carbons (Fsp3) is 0.305. The van der Waals surface area contributed by atoms with Gasteiger partial charge in [0.1, 0.15) is 17.3 Å². The number of hydrogen-bond donors (Lipinski definition) is 3. The first-order chi connectivity index (χ1) is 50.1. The van der Waals surface area contributed by atoms with Crippen molar-refractivity contribution in [2.75, 3.05) is 0 Å². The molecule has 12 rings (SSSR count). The minimum absolute atomic E-state index is 0. The van der Waals surface area contributed by atoms with Crippen LogP contribution in [-0.4, -0.2) is 47.6 Å². The summed E-state index contributed by atoms with van der Waals surface area (Å²) in [7, 11) is 0. The summed E-state index contributed by atoms with van der Waals surface area (Å²) in [5.74, 6) is 3.88. The van der Waals surface area contributed by atoms with Gasteiger partial charge in [-0.2, -0.15) is 0 Å². The number of hydrogen-bond acceptors (Lipinski definition) is 12. The van der Waals surface area contributed by atoms with Gasteiger partial charge < -0.3 is 43.5 Å². The van der Waals surface area contributed by atoms with Crippen molar-refractivity contribution in [1.82, 2.24) is 15.0 Å². The van der Waals surface area contributed by atoms with Crippen LogP contribution >= 0.6 is 0 Å². The molecule has 0 saturated heterocycles. The van der Waals surface area contributed by atoms with E-state index in [-0.39, 0.29) is 106 Å². The van der Waals surface area contributed by atoms with E-state index in [2.05, 4.69) is 291 Å². The number of aliphatic hydroxyl groups excluding tert-OH is 3. The molecule has 0 aliphatic carbocycles. The van der Waals surface area contributed by atoms with Crippen molar-refractivity contribution in [1.29, 1.82) is 0 Å². The van der Waals surface area contributed by atoms with Gasteiger partial charge in [0.25, 0.3) is 0 Å². The number of aliphatic hydroxyl groups is 3. The molecular weight excluding hydrogens is 1900 g/mol. The zero-order valence-electron chi connectivity index (χ0n) is 68.0. The number of fused-ring (bicyclic) bond motifs is 3. The zero-order valence-corrected chi connectivity index (χ0v) is 75.2. The molecule has 6 aromatic carbocycles. The summed E-state index contributed by atoms with van der Waals surface area (Å²) < 4.78 is 18.6. The normalized spacial score (nSPS) is 11.5. The standard InChI is InChI=1S/C29H32NO.C27H28NO.C24H22NO.3C5H8O2.3Ir/c1-18-9-19(2)11-20(10-18)25-14-22-15-26(31-27(22)17-30-25)21-12-23(28(3,4)5)16-24(13-21)29(6,7)8;1-16(2)22-8-7-9-23(17(3)4)27(22)25-14-21-13-24(28-15-26(21)29-25)20-11-18(5)10-19(6)12-20;1-15(2)18-5-7-19(8-6-18)23-13-21-12-22(25-14-24(21)26-23)20-10-16(3)9-17(4)11-20;3*1-4(6)3-5(2)7;;;/h9-10,12-17H,1-8H3;7-11,13-17H,1-6H3;5-10,12-15H,1-4H3;3*3,6H,1-2H3;;;/q3*-1;;;;;;. The largest absolute Gasteiger partial charge is 0.512 e. The van der Waals surface area contributed by atoms with Crippen LogP contribution in [0, 0.1) is 59.7 Å². The maximum Gasteiger partial charge on any atom is 0.155 e. The molecule has 0 spiro atoms. The smallest absolute Gasteiger partial charge is 0.155 e. The van der Waals surface area contributed by atoms with Crippen molar-refractivity contribution in [2.45, 2.75) is 195 Å². The third-order valence-corrected chi connectivity index (χ3v) is 17.2. The second-order valence-electron chi connectivity index (χ2n) is 30.8. The van der Waals surface area contributed by atoms with E-state index in [0.29, 0.717) is 17.8 Å². The summed E-state index contributed by atoms with van der Waals surface area (Å²) in [5, 5.41) is 28.3. The first-order valence-corrected chi connectivity index (χ1v) is 36.4. The number of allylic oxidation sites excluding steroid dienone is 6. The van der Waals surface area contributed by atoms with Gasteiger partial charge in [-0.1, -0.05) is 191 Å². The Labute approximate surface area is 692 Å². The van der Waals surface area contributed by atoms with Crippen LogP contribution in [0.3, 0.4) is 0 Å². The molecule has 15 heteroatoms. The second-order valence-corrected chi connectivity index (χ2v) is 30.8. The van der Waals surface area contributed by atoms with Gasteiger partial charge in [0.05, 0.1) is 35.9 Å². The SMILES string of the molecule is CC(=O)C=C(C)O.CC(=O)C=C(C)O.CC(=O)C=C(C)O.Cc1[c-]c(-c2cc3cc(-c4c(C(C)C)cccc4C(C)C)oc3cn2)cc(C)c1.Cc1[c-]c(-c2cc3cc(-c4cc(C(C)(C)C)cc(C(C)(C)C)c4)oc3cn2)cc(C)c1.Cc1[c-]c(-c2cc3cc(-c4ccc(C(C)C)cc4)oc3cn2)cc(C)c1.[Ir].[Ir].[Ir]. The number of nitrogens with zero attached hydrogens (tertiary/aromatic N) is 3. The molecule has 3 N–H and O–H groups in total. The van der Waals surface area contributed by atoms with Gasteiger partial charge in [0.15, 0.2) is 34.1 Å². The van der Waals surface area contributed by atoms with E-state index in [0.717, 1.165) is 112 Å². The molecule has 0 saturated carbocycles. The quantitative estimate of drug-likeness (QED) is 0.0597. The molecule has 0 unspecified atom stereocenters. The van der Waals surface area contributed by atoms with E-state index < -0.39 is 0 Å². The molecule has 0 amide bonds. The van der Waals surface area contributed by atoms with Gasteiger partial charge >= 0.3 is 0 Å². The van der Waals surface area contributed by atoms with E-state index in [9.17, 15) is 14.4 Å². The van der Waals surface area contributed by atoms with E-state index >= 15 is 0 Å². The fourth-order valence-corrected chi connectivity index (χ4v) is 12.2. The van der Waals surface area contributed by atoms with Gasteiger partial charge in [-0.05, 0) is 145 Å². The molecule has 0 aliphatic rings. The van der Waals surface area contributed by atoms with Crippen molar-refractivity contribution in [2.24, 2.45) is 0 Å². The predicted octanol–water partition coefficient (Wildman–Crippen LogP) is 25.8. The summed E-state index contributed by atoms with van der Waals surface area (Å²) >= 11 is 0. The van der Waals surface area contributed by atoms with E-state index in [1.54, 1.807) is 0 Å². The molecule has 12 aromatic rings. The number of pyridine rings is 3. The molecule has 0 bridgehead atoms. The minimum atomic E-state index is -0.125. The molecule has 6 aromatic heterocycles. The van der Waals surface area contributed by atoms with Gasteiger partial charge in [0, 0.05) is 111 Å². The first-order valence-electron chi connectivity index (χ1n) is 36.4. The molecule has 0 fully saturated rings. The summed E-state index contributed by atoms with van der Waals surface area (Å²) in [4.78, 5) is 43.9. The Morgan fingerprint density at radius 3 is 0.973 bits per heavy atom. The summed E-state index contributed by atoms with van der Waals surface area (Å²) in [5.41, 5.74) is 25.5. The van der Waals surface area contributed by atoms with Gasteiger partial charge in [-0.15, -0.1) is 105 Å². The van der Waals surface area contributed by atoms with Crippen LogP contribution < -0.4 is 0 Å². The number of aryl methyl sites for hydroxylation is 6. The van der Waals surface area contributed by atoms with Crippen LogP contribution in [0.5, 0.6) is 0 Å². The number of rotatable bonds is 12. The van der Waals surface area contributed by atoms with Crippen LogP contribution in [0.15, 0.2) is 201 Å². The predicted molar refractivity (Wildman–Crippen MR) is 440 cm³/mol. The number of carbonyl (C=O) groups excluding carboxylic acids is 3. The van der Waals surface area contributed by atoms with Crippen molar-refractivity contribution >= 4 is 50.3 Å². The van der Waals surface area contributed by atoms with Gasteiger partial charge in [-0.3, -0.25) is 14.4 Å². The molecule has 3 radical (unpaired) electrons. The van der Waals surface area contributed by atoms with Crippen LogP contribution in [0.1, 0.15) is 204 Å². The average Bonchev–Trinajstić information content (AvgIpc) is 1.58. The van der Waals surface area contributed by atoms with Crippen molar-refractivity contribution < 1.29 is 103 Å². The summed E-state index contributed by atoms with van der Waals surface area (Å²) in [6.07, 6.45) is 8.98. The number of furan rings is 3. The first kappa shape index (κ1) is 93.3. The van der Waals surface area contributed by atoms with Gasteiger partial charge in [0.2, 0.25) is 0 Å². The third kappa shape index (κ3) is 27.5. The monoisotopic (exact) mass is 2010 g/mol. The number of ketones is 3. The summed E-state index contributed by atoms with van der Waals surface area (Å²) in [6, 6.07) is 57.7. The van der Waals surface area contributed by atoms with E-state index in [4.69, 9.17) is 28.6 Å². The second kappa shape index (κ2) is 41.3. The number of aromatic nitrogens is 3. The maximum absolute atomic E-state index is 10.0. The third-order valence-electron chi connectivity index (χ3n) is 17.2. The zero-order chi connectivity index (χ0) is 79.1.